The number of nitrogens with one attached hydrogen (secondary N) is 3. The van der Waals surface area contributed by atoms with Gasteiger partial charge in [0.25, 0.3) is 0 Å². The molecule has 2 aliphatic rings. The van der Waals surface area contributed by atoms with Gasteiger partial charge in [-0.05, 0) is 54.0 Å². The van der Waals surface area contributed by atoms with Gasteiger partial charge in [-0.2, -0.15) is 0 Å². The zero-order chi connectivity index (χ0) is 33.2. The summed E-state index contributed by atoms with van der Waals surface area (Å²) in [4.78, 5) is 52.4. The van der Waals surface area contributed by atoms with E-state index in [0.717, 1.165) is 27.8 Å². The fraction of sp³-hybridized carbons (Fsp3) is 0.351. The Morgan fingerprint density at radius 3 is 2.30 bits per heavy atom. The lowest BCUT2D eigenvalue weighted by Gasteiger charge is -2.24. The average Bonchev–Trinajstić information content (AvgIpc) is 3.41. The summed E-state index contributed by atoms with van der Waals surface area (Å²) in [6.45, 7) is 1.39. The minimum Gasteiger partial charge on any atom is -0.462 e. The Bertz CT molecular complexity index is 1550. The van der Waals surface area contributed by atoms with Crippen LogP contribution in [0.5, 0.6) is 0 Å². The summed E-state index contributed by atoms with van der Waals surface area (Å²) in [5.74, 6) is -2.16. The van der Waals surface area contributed by atoms with Crippen molar-refractivity contribution in [3.8, 4) is 11.1 Å². The lowest BCUT2D eigenvalue weighted by atomic mass is 9.97. The third kappa shape index (κ3) is 8.65. The molecule has 5 rings (SSSR count). The predicted octanol–water partition coefficient (Wildman–Crippen LogP) is 4.54. The molecule has 1 heterocycles. The van der Waals surface area contributed by atoms with Crippen molar-refractivity contribution in [2.45, 2.75) is 56.7 Å². The van der Waals surface area contributed by atoms with E-state index in [-0.39, 0.29) is 56.8 Å². The van der Waals surface area contributed by atoms with Crippen LogP contribution in [-0.4, -0.2) is 60.9 Å². The van der Waals surface area contributed by atoms with E-state index in [4.69, 9.17) is 9.47 Å². The van der Waals surface area contributed by atoms with Crippen LogP contribution in [0.3, 0.4) is 0 Å². The van der Waals surface area contributed by atoms with E-state index < -0.39 is 36.1 Å². The molecule has 0 saturated heterocycles. The highest BCUT2D eigenvalue weighted by Crippen LogP contribution is 2.44. The Balaban J connectivity index is 1.27. The number of fused-ring (bicyclic) bond motifs is 3. The number of esters is 1. The molecule has 0 saturated carbocycles. The number of rotatable bonds is 8. The number of ether oxygens (including phenoxy) is 2. The summed E-state index contributed by atoms with van der Waals surface area (Å²) in [5.41, 5.74) is 5.12. The summed E-state index contributed by atoms with van der Waals surface area (Å²) >= 11 is 0. The van der Waals surface area contributed by atoms with E-state index in [1.54, 1.807) is 13.0 Å². The van der Waals surface area contributed by atoms with Crippen LogP contribution in [0.2, 0.25) is 0 Å². The fourth-order valence-electron chi connectivity index (χ4n) is 6.02. The summed E-state index contributed by atoms with van der Waals surface area (Å²) < 4.78 is 11.4. The second-order valence-corrected chi connectivity index (χ2v) is 12.0. The van der Waals surface area contributed by atoms with Crippen LogP contribution in [0.25, 0.3) is 11.1 Å². The molecule has 10 heteroatoms. The van der Waals surface area contributed by atoms with Gasteiger partial charge in [0, 0.05) is 18.4 Å². The van der Waals surface area contributed by atoms with Gasteiger partial charge in [0.15, 0.2) is 0 Å². The van der Waals surface area contributed by atoms with Crippen molar-refractivity contribution in [3.63, 3.8) is 0 Å². The average molecular weight is 640 g/mol. The normalized spacial score (nSPS) is 20.6. The van der Waals surface area contributed by atoms with E-state index in [1.165, 1.54) is 0 Å². The molecule has 0 spiro atoms. The van der Waals surface area contributed by atoms with Crippen LogP contribution >= 0.6 is 0 Å². The SMILES string of the molecule is CC(CO)NC(=O)CC1CC=CCCC(NC(=O)OCC2c3ccccc3-c3ccccc32)C(=O)OCC(c2ccccc2)NC1=O. The van der Waals surface area contributed by atoms with Gasteiger partial charge in [-0.25, -0.2) is 9.59 Å². The van der Waals surface area contributed by atoms with Gasteiger partial charge in [0.1, 0.15) is 19.3 Å². The number of carbonyl (C=O) groups excluding carboxylic acids is 4. The second kappa shape index (κ2) is 16.0. The first-order chi connectivity index (χ1) is 22.8. The van der Waals surface area contributed by atoms with E-state index in [0.29, 0.717) is 6.42 Å². The highest BCUT2D eigenvalue weighted by molar-refractivity contribution is 5.86. The molecule has 4 unspecified atom stereocenters. The number of cyclic esters (lactones) is 1. The van der Waals surface area contributed by atoms with Crippen molar-refractivity contribution < 1.29 is 33.8 Å². The first-order valence-corrected chi connectivity index (χ1v) is 16.0. The summed E-state index contributed by atoms with van der Waals surface area (Å²) in [5, 5.41) is 17.6. The monoisotopic (exact) mass is 639 g/mol. The van der Waals surface area contributed by atoms with Gasteiger partial charge in [-0.1, -0.05) is 91.0 Å². The molecular weight excluding hydrogens is 598 g/mol. The van der Waals surface area contributed by atoms with Crippen LogP contribution in [0.15, 0.2) is 91.0 Å². The Morgan fingerprint density at radius 2 is 1.62 bits per heavy atom. The lowest BCUT2D eigenvalue weighted by molar-refractivity contribution is -0.147. The predicted molar refractivity (Wildman–Crippen MR) is 176 cm³/mol. The zero-order valence-corrected chi connectivity index (χ0v) is 26.4. The third-order valence-corrected chi connectivity index (χ3v) is 8.52. The first kappa shape index (κ1) is 33.4. The Morgan fingerprint density at radius 1 is 0.957 bits per heavy atom. The maximum Gasteiger partial charge on any atom is 0.407 e. The first-order valence-electron chi connectivity index (χ1n) is 16.0. The number of aliphatic hydroxyl groups is 1. The molecule has 47 heavy (non-hydrogen) atoms. The molecule has 0 bridgehead atoms. The number of alkyl carbamates (subject to hydrolysis) is 1. The van der Waals surface area contributed by atoms with Crippen LogP contribution in [0, 0.1) is 5.92 Å². The van der Waals surface area contributed by atoms with Crippen molar-refractivity contribution in [1.29, 1.82) is 0 Å². The summed E-state index contributed by atoms with van der Waals surface area (Å²) in [7, 11) is 0. The number of benzene rings is 3. The lowest BCUT2D eigenvalue weighted by Crippen LogP contribution is -2.44. The van der Waals surface area contributed by atoms with Crippen molar-refractivity contribution in [2.75, 3.05) is 19.8 Å². The van der Waals surface area contributed by atoms with Crippen molar-refractivity contribution >= 4 is 23.9 Å². The fourth-order valence-corrected chi connectivity index (χ4v) is 6.02. The molecule has 4 atom stereocenters. The Hall–Kier alpha value is -4.96. The summed E-state index contributed by atoms with van der Waals surface area (Å²) in [6, 6.07) is 23.1. The molecule has 0 aromatic heterocycles. The minimum absolute atomic E-state index is 0.0756. The number of allylic oxidation sites excluding steroid dienone is 2. The maximum atomic E-state index is 13.4. The van der Waals surface area contributed by atoms with Gasteiger partial charge in [-0.15, -0.1) is 0 Å². The van der Waals surface area contributed by atoms with Gasteiger partial charge < -0.3 is 30.5 Å². The highest BCUT2D eigenvalue weighted by Gasteiger charge is 2.31. The van der Waals surface area contributed by atoms with Crippen LogP contribution in [-0.2, 0) is 23.9 Å². The number of carbonyl (C=O) groups is 4. The Kier molecular flexibility index (Phi) is 11.4. The summed E-state index contributed by atoms with van der Waals surface area (Å²) in [6.07, 6.45) is 3.77. The smallest absolute Gasteiger partial charge is 0.407 e. The van der Waals surface area contributed by atoms with E-state index >= 15 is 0 Å². The third-order valence-electron chi connectivity index (χ3n) is 8.52. The van der Waals surface area contributed by atoms with E-state index in [1.807, 2.05) is 72.8 Å². The van der Waals surface area contributed by atoms with Gasteiger partial charge in [0.05, 0.1) is 18.6 Å². The molecule has 1 aliphatic carbocycles. The zero-order valence-electron chi connectivity index (χ0n) is 26.4. The minimum atomic E-state index is -0.982. The largest absolute Gasteiger partial charge is 0.462 e. The van der Waals surface area contributed by atoms with Gasteiger partial charge in [-0.3, -0.25) is 9.59 Å². The topological polar surface area (TPSA) is 143 Å². The molecule has 1 aliphatic heterocycles. The number of hydrogen-bond acceptors (Lipinski definition) is 7. The molecule has 4 N–H and O–H groups in total. The maximum absolute atomic E-state index is 13.4. The highest BCUT2D eigenvalue weighted by atomic mass is 16.6. The van der Waals surface area contributed by atoms with Crippen LogP contribution in [0.4, 0.5) is 4.79 Å². The van der Waals surface area contributed by atoms with Gasteiger partial charge >= 0.3 is 12.1 Å². The molecule has 3 amide bonds. The van der Waals surface area contributed by atoms with Gasteiger partial charge in [0.2, 0.25) is 11.8 Å². The van der Waals surface area contributed by atoms with Crippen molar-refractivity contribution in [3.05, 3.63) is 108 Å². The number of amides is 3. The molecule has 3 aromatic carbocycles. The van der Waals surface area contributed by atoms with E-state index in [9.17, 15) is 24.3 Å². The Labute approximate surface area is 274 Å². The second-order valence-electron chi connectivity index (χ2n) is 12.0. The molecular formula is C37H41N3O7. The molecule has 3 aromatic rings. The molecule has 10 nitrogen and oxygen atoms in total. The van der Waals surface area contributed by atoms with E-state index in [2.05, 4.69) is 28.1 Å². The van der Waals surface area contributed by atoms with Crippen LogP contribution in [0.1, 0.15) is 61.3 Å². The number of aliphatic hydroxyl groups excluding tert-OH is 1. The van der Waals surface area contributed by atoms with Crippen molar-refractivity contribution in [2.24, 2.45) is 5.92 Å². The molecule has 0 radical (unpaired) electrons. The quantitative estimate of drug-likeness (QED) is 0.209. The standard InChI is InChI=1S/C37H41N3O7/c1-24(21-41)38-34(42)20-26-14-6-3-7-19-32(36(44)46-23-33(39-35(26)43)25-12-4-2-5-13-25)40-37(45)47-22-31-29-17-10-8-15-27(29)28-16-9-11-18-30(28)31/h2-6,8-13,15-18,24,26,31-33,41H,7,14,19-23H2,1H3,(H,38,42)(H,39,43)(H,40,45). The van der Waals surface area contributed by atoms with Crippen LogP contribution < -0.4 is 16.0 Å². The number of hydrogen-bond donors (Lipinski definition) is 4. The molecule has 246 valence electrons. The van der Waals surface area contributed by atoms with Crippen molar-refractivity contribution in [1.82, 2.24) is 16.0 Å². The molecule has 0 fully saturated rings.